The van der Waals surface area contributed by atoms with E-state index in [1.54, 1.807) is 10.9 Å². The van der Waals surface area contributed by atoms with Crippen LogP contribution in [0.5, 0.6) is 0 Å². The summed E-state index contributed by atoms with van der Waals surface area (Å²) in [6.45, 7) is 4.85. The predicted octanol–water partition coefficient (Wildman–Crippen LogP) is 0.997. The summed E-state index contributed by atoms with van der Waals surface area (Å²) in [6.07, 6.45) is 5.65. The first kappa shape index (κ1) is 18.9. The molecule has 2 atom stereocenters. The minimum atomic E-state index is -0.0556. The number of hydrogen-bond donors (Lipinski definition) is 2. The van der Waals surface area contributed by atoms with Crippen molar-refractivity contribution < 1.29 is 9.59 Å². The fourth-order valence-electron chi connectivity index (χ4n) is 4.28. The van der Waals surface area contributed by atoms with Crippen molar-refractivity contribution in [3.05, 3.63) is 23.5 Å². The van der Waals surface area contributed by atoms with Crippen molar-refractivity contribution in [1.82, 2.24) is 30.3 Å². The molecule has 150 valence electrons. The van der Waals surface area contributed by atoms with Crippen LogP contribution in [0.15, 0.2) is 12.3 Å². The Morgan fingerprint density at radius 3 is 2.96 bits per heavy atom. The first-order chi connectivity index (χ1) is 13.5. The molecule has 4 rings (SSSR count). The molecule has 2 aromatic rings. The Bertz CT molecular complexity index is 886. The average molecular weight is 384 g/mol. The van der Waals surface area contributed by atoms with E-state index in [0.717, 1.165) is 55.5 Å². The molecule has 2 N–H and O–H groups in total. The molecule has 8 nitrogen and oxygen atoms in total. The van der Waals surface area contributed by atoms with Gasteiger partial charge in [-0.1, -0.05) is 0 Å². The number of likely N-dealkylation sites (tertiary alicyclic amines) is 1. The molecule has 2 saturated heterocycles. The molecular weight excluding hydrogens is 356 g/mol. The van der Waals surface area contributed by atoms with Crippen LogP contribution in [0.4, 0.5) is 0 Å². The lowest BCUT2D eigenvalue weighted by Crippen LogP contribution is -2.46. The summed E-state index contributed by atoms with van der Waals surface area (Å²) in [5.74, 6) is 0.398. The van der Waals surface area contributed by atoms with Crippen LogP contribution in [0.3, 0.4) is 0 Å². The van der Waals surface area contributed by atoms with Gasteiger partial charge in [-0.25, -0.2) is 4.98 Å². The summed E-state index contributed by atoms with van der Waals surface area (Å²) in [7, 11) is 1.84. The van der Waals surface area contributed by atoms with Crippen LogP contribution < -0.4 is 10.6 Å². The Kier molecular flexibility index (Phi) is 5.30. The average Bonchev–Trinajstić information content (AvgIpc) is 3.36. The number of piperidine rings is 1. The molecular formula is C20H28N6O2. The van der Waals surface area contributed by atoms with Crippen molar-refractivity contribution in [2.24, 2.45) is 13.0 Å². The number of aryl methyl sites for hydroxylation is 2. The highest BCUT2D eigenvalue weighted by Crippen LogP contribution is 2.23. The van der Waals surface area contributed by atoms with Crippen molar-refractivity contribution >= 4 is 22.8 Å². The Morgan fingerprint density at radius 2 is 2.18 bits per heavy atom. The van der Waals surface area contributed by atoms with Crippen LogP contribution in [0.2, 0.25) is 0 Å². The van der Waals surface area contributed by atoms with Crippen LogP contribution in [0, 0.1) is 12.8 Å². The minimum Gasteiger partial charge on any atom is -0.354 e. The van der Waals surface area contributed by atoms with Gasteiger partial charge < -0.3 is 15.5 Å². The standard InChI is InChI=1S/C20H28N6O2/c1-13-9-15(16-11-23-25(2)18(16)24-13)20(28)26-8-4-5-14(12-26)10-22-19(27)17-6-3-7-21-17/h9,11,14,17,21H,3-8,10,12H2,1-2H3,(H,22,27). The third-order valence-electron chi connectivity index (χ3n) is 5.81. The molecule has 4 heterocycles. The molecule has 2 fully saturated rings. The molecule has 0 bridgehead atoms. The van der Waals surface area contributed by atoms with Gasteiger partial charge in [-0.3, -0.25) is 14.3 Å². The molecule has 0 aliphatic carbocycles. The molecule has 2 aliphatic rings. The highest BCUT2D eigenvalue weighted by atomic mass is 16.2. The maximum absolute atomic E-state index is 13.2. The zero-order valence-corrected chi connectivity index (χ0v) is 16.6. The molecule has 2 aliphatic heterocycles. The van der Waals surface area contributed by atoms with Gasteiger partial charge in [-0.2, -0.15) is 5.10 Å². The minimum absolute atomic E-state index is 0.0250. The van der Waals surface area contributed by atoms with E-state index >= 15 is 0 Å². The Balaban J connectivity index is 1.43. The van der Waals surface area contributed by atoms with Gasteiger partial charge in [0.2, 0.25) is 5.91 Å². The molecule has 0 spiro atoms. The number of nitrogens with one attached hydrogen (secondary N) is 2. The number of aromatic nitrogens is 3. The number of rotatable bonds is 4. The normalized spacial score (nSPS) is 22.6. The van der Waals surface area contributed by atoms with E-state index in [4.69, 9.17) is 0 Å². The van der Waals surface area contributed by atoms with Crippen molar-refractivity contribution in [1.29, 1.82) is 0 Å². The number of carbonyl (C=O) groups is 2. The zero-order chi connectivity index (χ0) is 19.7. The monoisotopic (exact) mass is 384 g/mol. The second-order valence-electron chi connectivity index (χ2n) is 7.97. The molecule has 0 saturated carbocycles. The fourth-order valence-corrected chi connectivity index (χ4v) is 4.28. The van der Waals surface area contributed by atoms with E-state index in [1.807, 2.05) is 24.9 Å². The summed E-state index contributed by atoms with van der Waals surface area (Å²) < 4.78 is 1.70. The largest absolute Gasteiger partial charge is 0.354 e. The van der Waals surface area contributed by atoms with Gasteiger partial charge in [0.25, 0.3) is 5.91 Å². The number of nitrogens with zero attached hydrogens (tertiary/aromatic N) is 4. The molecule has 2 unspecified atom stereocenters. The molecule has 0 aromatic carbocycles. The van der Waals surface area contributed by atoms with Gasteiger partial charge in [-0.05, 0) is 51.1 Å². The Morgan fingerprint density at radius 1 is 1.32 bits per heavy atom. The highest BCUT2D eigenvalue weighted by molar-refractivity contribution is 6.05. The van der Waals surface area contributed by atoms with E-state index in [2.05, 4.69) is 20.7 Å². The molecule has 0 radical (unpaired) electrons. The number of hydrogen-bond acceptors (Lipinski definition) is 5. The number of pyridine rings is 1. The first-order valence-corrected chi connectivity index (χ1v) is 10.1. The second kappa shape index (κ2) is 7.87. The third-order valence-corrected chi connectivity index (χ3v) is 5.81. The molecule has 28 heavy (non-hydrogen) atoms. The molecule has 8 heteroatoms. The predicted molar refractivity (Wildman–Crippen MR) is 106 cm³/mol. The van der Waals surface area contributed by atoms with Crippen molar-refractivity contribution in [3.63, 3.8) is 0 Å². The Labute approximate surface area is 164 Å². The summed E-state index contributed by atoms with van der Waals surface area (Å²) in [6, 6.07) is 1.80. The van der Waals surface area contributed by atoms with Crippen molar-refractivity contribution in [3.8, 4) is 0 Å². The number of fused-ring (bicyclic) bond motifs is 1. The van der Waals surface area contributed by atoms with Crippen LogP contribution in [0.25, 0.3) is 11.0 Å². The first-order valence-electron chi connectivity index (χ1n) is 10.1. The Hall–Kier alpha value is -2.48. The van der Waals surface area contributed by atoms with Gasteiger partial charge in [0.1, 0.15) is 0 Å². The van der Waals surface area contributed by atoms with Crippen molar-refractivity contribution in [2.45, 2.75) is 38.6 Å². The lowest BCUT2D eigenvalue weighted by atomic mass is 9.96. The fraction of sp³-hybridized carbons (Fsp3) is 0.600. The molecule has 2 amide bonds. The number of carbonyl (C=O) groups excluding carboxylic acids is 2. The van der Waals surface area contributed by atoms with E-state index in [0.29, 0.717) is 18.7 Å². The van der Waals surface area contributed by atoms with Crippen LogP contribution in [-0.2, 0) is 11.8 Å². The second-order valence-corrected chi connectivity index (χ2v) is 7.97. The van der Waals surface area contributed by atoms with Gasteiger partial charge in [0, 0.05) is 32.4 Å². The summed E-state index contributed by atoms with van der Waals surface area (Å²) in [5.41, 5.74) is 2.20. The van der Waals surface area contributed by atoms with Gasteiger partial charge >= 0.3 is 0 Å². The highest BCUT2D eigenvalue weighted by Gasteiger charge is 2.28. The zero-order valence-electron chi connectivity index (χ0n) is 16.6. The van der Waals surface area contributed by atoms with Crippen LogP contribution in [-0.4, -0.2) is 63.7 Å². The third kappa shape index (κ3) is 3.73. The molecule has 2 aromatic heterocycles. The smallest absolute Gasteiger partial charge is 0.254 e. The van der Waals surface area contributed by atoms with Crippen molar-refractivity contribution in [2.75, 3.05) is 26.2 Å². The summed E-state index contributed by atoms with van der Waals surface area (Å²) in [5, 5.41) is 11.3. The lowest BCUT2D eigenvalue weighted by molar-refractivity contribution is -0.123. The van der Waals surface area contributed by atoms with Gasteiger partial charge in [0.05, 0.1) is 23.2 Å². The van der Waals surface area contributed by atoms with Gasteiger partial charge in [-0.15, -0.1) is 0 Å². The van der Waals surface area contributed by atoms with Gasteiger partial charge in [0.15, 0.2) is 5.65 Å². The maximum atomic E-state index is 13.2. The topological polar surface area (TPSA) is 92.2 Å². The summed E-state index contributed by atoms with van der Waals surface area (Å²) >= 11 is 0. The van der Waals surface area contributed by atoms with Crippen LogP contribution in [0.1, 0.15) is 41.7 Å². The number of amides is 2. The van der Waals surface area contributed by atoms with E-state index in [1.165, 1.54) is 0 Å². The summed E-state index contributed by atoms with van der Waals surface area (Å²) in [4.78, 5) is 31.9. The maximum Gasteiger partial charge on any atom is 0.254 e. The van der Waals surface area contributed by atoms with E-state index < -0.39 is 0 Å². The van der Waals surface area contributed by atoms with E-state index in [9.17, 15) is 9.59 Å². The van der Waals surface area contributed by atoms with Crippen LogP contribution >= 0.6 is 0 Å². The van der Waals surface area contributed by atoms with E-state index in [-0.39, 0.29) is 23.8 Å². The quantitative estimate of drug-likeness (QED) is 0.820. The lowest BCUT2D eigenvalue weighted by Gasteiger charge is -2.33. The SMILES string of the molecule is Cc1cc(C(=O)N2CCCC(CNC(=O)C3CCCN3)C2)c2cnn(C)c2n1.